The van der Waals surface area contributed by atoms with Crippen molar-refractivity contribution in [2.75, 3.05) is 12.3 Å². The third-order valence-corrected chi connectivity index (χ3v) is 6.79. The predicted molar refractivity (Wildman–Crippen MR) is 65.5 cm³/mol. The normalized spacial score (nSPS) is 39.4. The number of hydrogen-bond acceptors (Lipinski definition) is 4. The van der Waals surface area contributed by atoms with Gasteiger partial charge >= 0.3 is 5.97 Å². The number of carboxylic acids is 1. The summed E-state index contributed by atoms with van der Waals surface area (Å²) in [5, 5.41) is 18.4. The first kappa shape index (κ1) is 12.9. The second-order valence-corrected chi connectivity index (χ2v) is 8.55. The van der Waals surface area contributed by atoms with E-state index in [1.165, 1.54) is 0 Å². The average Bonchev–Trinajstić information content (AvgIpc) is 2.84. The highest BCUT2D eigenvalue weighted by atomic mass is 32.2. The highest BCUT2D eigenvalue weighted by Gasteiger charge is 2.71. The van der Waals surface area contributed by atoms with Crippen LogP contribution in [0.25, 0.3) is 0 Å². The van der Waals surface area contributed by atoms with E-state index >= 15 is 0 Å². The Morgan fingerprint density at radius 1 is 1.42 bits per heavy atom. The molecule has 0 spiro atoms. The van der Waals surface area contributed by atoms with Gasteiger partial charge in [-0.25, -0.2) is 8.42 Å². The summed E-state index contributed by atoms with van der Waals surface area (Å²) in [5.74, 6) is -1.30. The summed E-state index contributed by atoms with van der Waals surface area (Å²) in [6.45, 7) is 2.18. The molecule has 7 heteroatoms. The molecule has 6 nitrogen and oxygen atoms in total. The summed E-state index contributed by atoms with van der Waals surface area (Å²) in [4.78, 5) is 11.4. The lowest BCUT2D eigenvalue weighted by atomic mass is 9.63. The summed E-state index contributed by atoms with van der Waals surface area (Å²) in [5.41, 5.74) is -2.24. The molecular weight excluding hydrogens is 268 g/mol. The van der Waals surface area contributed by atoms with E-state index in [1.807, 2.05) is 6.92 Å². The zero-order valence-electron chi connectivity index (χ0n) is 10.7. The molecule has 4 aliphatic rings. The van der Waals surface area contributed by atoms with E-state index in [0.717, 1.165) is 4.31 Å². The minimum Gasteiger partial charge on any atom is -0.480 e. The first-order valence-electron chi connectivity index (χ1n) is 6.32. The molecule has 0 aromatic heterocycles. The Balaban J connectivity index is 1.90. The van der Waals surface area contributed by atoms with E-state index in [1.54, 1.807) is 0 Å². The van der Waals surface area contributed by atoms with Crippen molar-refractivity contribution in [2.45, 2.75) is 38.1 Å². The van der Waals surface area contributed by atoms with Gasteiger partial charge < -0.3 is 5.11 Å². The largest absolute Gasteiger partial charge is 0.480 e. The molecule has 1 N–H and O–H groups in total. The van der Waals surface area contributed by atoms with E-state index in [2.05, 4.69) is 6.07 Å². The maximum atomic E-state index is 12.4. The molecule has 0 unspecified atom stereocenters. The van der Waals surface area contributed by atoms with Crippen molar-refractivity contribution in [3.05, 3.63) is 0 Å². The summed E-state index contributed by atoms with van der Waals surface area (Å²) in [6, 6.07) is 2.06. The van der Waals surface area contributed by atoms with Gasteiger partial charge in [0.05, 0.1) is 17.2 Å². The number of nitriles is 1. The number of aliphatic carboxylic acids is 1. The summed E-state index contributed by atoms with van der Waals surface area (Å²) >= 11 is 0. The average molecular weight is 284 g/mol. The molecule has 4 rings (SSSR count). The van der Waals surface area contributed by atoms with E-state index in [9.17, 15) is 18.3 Å². The van der Waals surface area contributed by atoms with Crippen LogP contribution in [0.15, 0.2) is 0 Å². The van der Waals surface area contributed by atoms with Gasteiger partial charge in [0.2, 0.25) is 10.0 Å². The molecule has 2 aliphatic heterocycles. The first-order valence-corrected chi connectivity index (χ1v) is 7.93. The second kappa shape index (κ2) is 3.30. The van der Waals surface area contributed by atoms with E-state index in [0.29, 0.717) is 25.7 Å². The monoisotopic (exact) mass is 284 g/mol. The van der Waals surface area contributed by atoms with Crippen LogP contribution in [0.3, 0.4) is 0 Å². The fourth-order valence-electron chi connectivity index (χ4n) is 3.64. The van der Waals surface area contributed by atoms with Crippen LogP contribution in [0.2, 0.25) is 0 Å². The van der Waals surface area contributed by atoms with Gasteiger partial charge in [-0.3, -0.25) is 4.79 Å². The minimum atomic E-state index is -3.69. The number of nitrogens with zero attached hydrogens (tertiary/aromatic N) is 2. The number of hydrogen-bond donors (Lipinski definition) is 1. The van der Waals surface area contributed by atoms with Crippen LogP contribution < -0.4 is 0 Å². The SMILES string of the molecule is CC12CN(S(=O)(=O)CC3(C#N)CC3)C(C(=O)O)(C1)C2. The predicted octanol–water partition coefficient (Wildman–Crippen LogP) is 0.559. The zero-order valence-corrected chi connectivity index (χ0v) is 11.5. The van der Waals surface area contributed by atoms with Gasteiger partial charge in [0.1, 0.15) is 5.54 Å². The molecule has 2 bridgehead atoms. The Labute approximate surface area is 112 Å². The van der Waals surface area contributed by atoms with Crippen molar-refractivity contribution in [3.8, 4) is 6.07 Å². The molecule has 19 heavy (non-hydrogen) atoms. The molecule has 2 saturated carbocycles. The van der Waals surface area contributed by atoms with Gasteiger partial charge in [-0.15, -0.1) is 0 Å². The molecule has 104 valence electrons. The van der Waals surface area contributed by atoms with Crippen molar-refractivity contribution in [2.24, 2.45) is 10.8 Å². The maximum Gasteiger partial charge on any atom is 0.325 e. The Kier molecular flexibility index (Phi) is 2.24. The quantitative estimate of drug-likeness (QED) is 0.813. The third kappa shape index (κ3) is 1.63. The summed E-state index contributed by atoms with van der Waals surface area (Å²) in [7, 11) is -3.69. The van der Waals surface area contributed by atoms with Crippen molar-refractivity contribution >= 4 is 16.0 Å². The maximum absolute atomic E-state index is 12.4. The summed E-state index contributed by atoms with van der Waals surface area (Å²) < 4.78 is 26.0. The highest BCUT2D eigenvalue weighted by molar-refractivity contribution is 7.89. The number of rotatable bonds is 4. The van der Waals surface area contributed by atoms with Gasteiger partial charge in [-0.2, -0.15) is 9.57 Å². The van der Waals surface area contributed by atoms with Crippen LogP contribution in [0.4, 0.5) is 0 Å². The number of fused-ring (bicyclic) bond motifs is 1. The topological polar surface area (TPSA) is 98.5 Å². The lowest BCUT2D eigenvalue weighted by molar-refractivity contribution is -0.151. The van der Waals surface area contributed by atoms with Gasteiger partial charge in [0.15, 0.2) is 0 Å². The van der Waals surface area contributed by atoms with Crippen LogP contribution in [0.1, 0.15) is 32.6 Å². The lowest BCUT2D eigenvalue weighted by Gasteiger charge is -2.42. The molecule has 0 aromatic rings. The minimum absolute atomic E-state index is 0.213. The van der Waals surface area contributed by atoms with Crippen LogP contribution in [-0.4, -0.2) is 41.6 Å². The highest BCUT2D eigenvalue weighted by Crippen LogP contribution is 2.61. The number of sulfonamides is 1. The molecule has 0 amide bonds. The smallest absolute Gasteiger partial charge is 0.325 e. The molecule has 2 aliphatic carbocycles. The summed E-state index contributed by atoms with van der Waals surface area (Å²) in [6.07, 6.45) is 1.95. The Morgan fingerprint density at radius 2 is 2.00 bits per heavy atom. The van der Waals surface area contributed by atoms with E-state index in [-0.39, 0.29) is 17.7 Å². The molecule has 2 saturated heterocycles. The van der Waals surface area contributed by atoms with Gasteiger partial charge in [-0.1, -0.05) is 6.92 Å². The van der Waals surface area contributed by atoms with E-state index in [4.69, 9.17) is 5.26 Å². The van der Waals surface area contributed by atoms with Gasteiger partial charge in [-0.05, 0) is 31.1 Å². The molecule has 0 aromatic carbocycles. The third-order valence-electron chi connectivity index (χ3n) is 4.72. The van der Waals surface area contributed by atoms with Crippen LogP contribution in [0.5, 0.6) is 0 Å². The Bertz CT molecular complexity index is 594. The molecule has 4 fully saturated rings. The Hall–Kier alpha value is -1.13. The van der Waals surface area contributed by atoms with Gasteiger partial charge in [0, 0.05) is 6.54 Å². The fourth-order valence-corrected chi connectivity index (χ4v) is 6.09. The molecular formula is C12H16N2O4S. The molecule has 2 heterocycles. The fraction of sp³-hybridized carbons (Fsp3) is 0.833. The van der Waals surface area contributed by atoms with Gasteiger partial charge in [0.25, 0.3) is 0 Å². The molecule has 0 radical (unpaired) electrons. The Morgan fingerprint density at radius 3 is 2.42 bits per heavy atom. The van der Waals surface area contributed by atoms with Crippen LogP contribution >= 0.6 is 0 Å². The zero-order chi connectivity index (χ0) is 14.1. The van der Waals surface area contributed by atoms with Crippen LogP contribution in [-0.2, 0) is 14.8 Å². The number of carboxylic acid groups (broad SMARTS) is 1. The molecule has 0 atom stereocenters. The van der Waals surface area contributed by atoms with E-state index < -0.39 is 26.9 Å². The first-order chi connectivity index (χ1) is 8.67. The van der Waals surface area contributed by atoms with Crippen molar-refractivity contribution in [3.63, 3.8) is 0 Å². The number of carbonyl (C=O) groups is 1. The standard InChI is InChI=1S/C12H16N2O4S/c1-10-4-12(5-10,9(15)16)14(7-10)19(17,18)8-11(6-13)2-3-11/h2-5,7-8H2,1H3,(H,15,16). The van der Waals surface area contributed by atoms with Crippen molar-refractivity contribution < 1.29 is 18.3 Å². The lowest BCUT2D eigenvalue weighted by Crippen LogP contribution is -2.56. The van der Waals surface area contributed by atoms with Crippen molar-refractivity contribution in [1.29, 1.82) is 5.26 Å². The second-order valence-electron chi connectivity index (χ2n) is 6.66. The van der Waals surface area contributed by atoms with Crippen LogP contribution in [0, 0.1) is 22.2 Å². The van der Waals surface area contributed by atoms with Crippen molar-refractivity contribution in [1.82, 2.24) is 4.31 Å².